The van der Waals surface area contributed by atoms with Crippen LogP contribution in [-0.2, 0) is 12.4 Å². The molecule has 3 rings (SSSR count). The van der Waals surface area contributed by atoms with Crippen LogP contribution in [0.25, 0.3) is 0 Å². The monoisotopic (exact) mass is 422 g/mol. The average Bonchev–Trinajstić information content (AvgIpc) is 2.94. The summed E-state index contributed by atoms with van der Waals surface area (Å²) in [5, 5.41) is 25.8. The van der Waals surface area contributed by atoms with E-state index in [1.165, 1.54) is 6.92 Å². The first-order valence-corrected chi connectivity index (χ1v) is 7.88. The predicted molar refractivity (Wildman–Crippen MR) is 84.1 cm³/mol. The minimum Gasteiger partial charge on any atom is -0.387 e. The topological polar surface area (TPSA) is 108 Å². The van der Waals surface area contributed by atoms with Crippen LogP contribution >= 0.6 is 0 Å². The van der Waals surface area contributed by atoms with E-state index in [4.69, 9.17) is 0 Å². The Bertz CT molecular complexity index is 899. The van der Waals surface area contributed by atoms with Crippen molar-refractivity contribution in [1.82, 2.24) is 19.9 Å². The van der Waals surface area contributed by atoms with Crippen LogP contribution in [0.1, 0.15) is 30.2 Å². The number of alkyl halides is 6. The number of rotatable bonds is 3. The standard InChI is InChI=1S/C15H12F6N6O2/c1-6-9(10(28)7-2-22-12(23-3-7)14(16,17)18)11(29)27(26-6)8-4-24-13(25-5-8)15(19,20)21/h2-5,9-11,28-29H,1H3. The highest BCUT2D eigenvalue weighted by Crippen LogP contribution is 2.35. The minimum absolute atomic E-state index is 0.0804. The quantitative estimate of drug-likeness (QED) is 0.730. The molecular weight excluding hydrogens is 410 g/mol. The lowest BCUT2D eigenvalue weighted by molar-refractivity contribution is -0.145. The van der Waals surface area contributed by atoms with Crippen LogP contribution in [0.15, 0.2) is 29.9 Å². The molecule has 3 unspecified atom stereocenters. The van der Waals surface area contributed by atoms with Crippen molar-refractivity contribution in [2.75, 3.05) is 5.01 Å². The number of halogens is 6. The number of aliphatic hydroxyl groups is 2. The summed E-state index contributed by atoms with van der Waals surface area (Å²) in [4.78, 5) is 12.6. The number of aromatic nitrogens is 4. The molecule has 2 aromatic rings. The van der Waals surface area contributed by atoms with Gasteiger partial charge in [-0.1, -0.05) is 0 Å². The normalized spacial score (nSPS) is 21.3. The molecule has 0 spiro atoms. The smallest absolute Gasteiger partial charge is 0.387 e. The molecular formula is C15H12F6N6O2. The molecule has 1 aliphatic rings. The number of aliphatic hydroxyl groups excluding tert-OH is 2. The van der Waals surface area contributed by atoms with Gasteiger partial charge in [0.1, 0.15) is 0 Å². The van der Waals surface area contributed by atoms with Crippen LogP contribution in [0.2, 0.25) is 0 Å². The molecule has 1 aliphatic heterocycles. The van der Waals surface area contributed by atoms with Crippen molar-refractivity contribution >= 4 is 11.4 Å². The number of hydrogen-bond acceptors (Lipinski definition) is 8. The Morgan fingerprint density at radius 3 is 1.79 bits per heavy atom. The summed E-state index contributed by atoms with van der Waals surface area (Å²) < 4.78 is 75.3. The number of nitrogens with zero attached hydrogens (tertiary/aromatic N) is 6. The van der Waals surface area contributed by atoms with E-state index in [9.17, 15) is 36.6 Å². The van der Waals surface area contributed by atoms with Gasteiger partial charge in [-0.2, -0.15) is 31.4 Å². The molecule has 2 aromatic heterocycles. The summed E-state index contributed by atoms with van der Waals surface area (Å²) >= 11 is 0. The molecule has 0 radical (unpaired) electrons. The van der Waals surface area contributed by atoms with Crippen molar-refractivity contribution < 1.29 is 36.6 Å². The first kappa shape index (κ1) is 20.9. The fourth-order valence-electron chi connectivity index (χ4n) is 2.70. The average molecular weight is 422 g/mol. The molecule has 14 heteroatoms. The molecule has 2 N–H and O–H groups in total. The Balaban J connectivity index is 1.81. The van der Waals surface area contributed by atoms with Gasteiger partial charge in [-0.3, -0.25) is 0 Å². The van der Waals surface area contributed by atoms with Crippen LogP contribution in [0.5, 0.6) is 0 Å². The molecule has 0 amide bonds. The van der Waals surface area contributed by atoms with Gasteiger partial charge in [-0.05, 0) is 6.92 Å². The Morgan fingerprint density at radius 1 is 0.897 bits per heavy atom. The van der Waals surface area contributed by atoms with Crippen molar-refractivity contribution in [2.24, 2.45) is 11.0 Å². The zero-order chi connectivity index (χ0) is 21.6. The maximum Gasteiger partial charge on any atom is 0.451 e. The van der Waals surface area contributed by atoms with Gasteiger partial charge in [0.05, 0.1) is 30.1 Å². The van der Waals surface area contributed by atoms with Gasteiger partial charge >= 0.3 is 12.4 Å². The highest BCUT2D eigenvalue weighted by atomic mass is 19.4. The number of hydrogen-bond donors (Lipinski definition) is 2. The Hall–Kier alpha value is -2.87. The molecule has 29 heavy (non-hydrogen) atoms. The molecule has 0 saturated carbocycles. The first-order valence-electron chi connectivity index (χ1n) is 7.88. The Kier molecular flexibility index (Phi) is 5.17. The molecule has 3 atom stereocenters. The molecule has 0 bridgehead atoms. The van der Waals surface area contributed by atoms with Gasteiger partial charge in [-0.25, -0.2) is 24.9 Å². The van der Waals surface area contributed by atoms with E-state index in [1.54, 1.807) is 0 Å². The van der Waals surface area contributed by atoms with Crippen LogP contribution in [0, 0.1) is 5.92 Å². The lowest BCUT2D eigenvalue weighted by Gasteiger charge is -2.26. The molecule has 0 aliphatic carbocycles. The third-order valence-corrected chi connectivity index (χ3v) is 4.08. The Morgan fingerprint density at radius 2 is 1.34 bits per heavy atom. The third kappa shape index (κ3) is 4.12. The number of anilines is 1. The first-order chi connectivity index (χ1) is 13.4. The highest BCUT2D eigenvalue weighted by Gasteiger charge is 2.42. The zero-order valence-corrected chi connectivity index (χ0v) is 14.4. The largest absolute Gasteiger partial charge is 0.451 e. The predicted octanol–water partition coefficient (Wildman–Crippen LogP) is 2.17. The van der Waals surface area contributed by atoms with Gasteiger partial charge in [-0.15, -0.1) is 0 Å². The second kappa shape index (κ2) is 7.18. The van der Waals surface area contributed by atoms with Gasteiger partial charge in [0.2, 0.25) is 11.6 Å². The SMILES string of the molecule is CC1=NN(c2cnc(C(F)(F)F)nc2)C(O)C1C(O)c1cnc(C(F)(F)F)nc1. The second-order valence-electron chi connectivity index (χ2n) is 6.07. The van der Waals surface area contributed by atoms with Crippen LogP contribution in [0.4, 0.5) is 32.0 Å². The molecule has 156 valence electrons. The summed E-state index contributed by atoms with van der Waals surface area (Å²) in [5.41, 5.74) is -0.0184. The van der Waals surface area contributed by atoms with E-state index < -0.39 is 42.3 Å². The molecule has 0 aromatic carbocycles. The van der Waals surface area contributed by atoms with E-state index in [-0.39, 0.29) is 17.0 Å². The highest BCUT2D eigenvalue weighted by molar-refractivity contribution is 5.89. The summed E-state index contributed by atoms with van der Waals surface area (Å²) in [7, 11) is 0. The van der Waals surface area contributed by atoms with Gasteiger partial charge in [0.15, 0.2) is 6.23 Å². The summed E-state index contributed by atoms with van der Waals surface area (Å²) in [5.74, 6) is -3.89. The lowest BCUT2D eigenvalue weighted by Crippen LogP contribution is -2.36. The molecule has 8 nitrogen and oxygen atoms in total. The minimum atomic E-state index is -4.76. The van der Waals surface area contributed by atoms with Crippen LogP contribution < -0.4 is 5.01 Å². The number of hydrazone groups is 1. The van der Waals surface area contributed by atoms with E-state index in [1.807, 2.05) is 0 Å². The second-order valence-corrected chi connectivity index (χ2v) is 6.07. The fraction of sp³-hybridized carbons (Fsp3) is 0.400. The summed E-state index contributed by atoms with van der Waals surface area (Å²) in [6.07, 6.45) is -9.45. The third-order valence-electron chi connectivity index (χ3n) is 4.08. The van der Waals surface area contributed by atoms with E-state index in [0.29, 0.717) is 0 Å². The van der Waals surface area contributed by atoms with Crippen molar-refractivity contribution in [3.8, 4) is 0 Å². The van der Waals surface area contributed by atoms with Crippen molar-refractivity contribution in [3.63, 3.8) is 0 Å². The van der Waals surface area contributed by atoms with E-state index in [0.717, 1.165) is 29.8 Å². The van der Waals surface area contributed by atoms with Gasteiger partial charge in [0, 0.05) is 23.7 Å². The molecule has 3 heterocycles. The van der Waals surface area contributed by atoms with Crippen LogP contribution in [0.3, 0.4) is 0 Å². The van der Waals surface area contributed by atoms with Gasteiger partial charge in [0.25, 0.3) is 0 Å². The zero-order valence-electron chi connectivity index (χ0n) is 14.4. The molecule has 0 saturated heterocycles. The molecule has 0 fully saturated rings. The van der Waals surface area contributed by atoms with Gasteiger partial charge < -0.3 is 10.2 Å². The summed E-state index contributed by atoms with van der Waals surface area (Å²) in [6.45, 7) is 1.42. The Labute approximate surface area is 158 Å². The summed E-state index contributed by atoms with van der Waals surface area (Å²) in [6, 6.07) is 0. The van der Waals surface area contributed by atoms with Crippen molar-refractivity contribution in [1.29, 1.82) is 0 Å². The lowest BCUT2D eigenvalue weighted by atomic mass is 9.92. The van der Waals surface area contributed by atoms with Crippen LogP contribution in [-0.4, -0.2) is 42.1 Å². The maximum atomic E-state index is 12.6. The maximum absolute atomic E-state index is 12.6. The fourth-order valence-corrected chi connectivity index (χ4v) is 2.70. The van der Waals surface area contributed by atoms with Crippen molar-refractivity contribution in [2.45, 2.75) is 31.6 Å². The van der Waals surface area contributed by atoms with E-state index >= 15 is 0 Å². The van der Waals surface area contributed by atoms with Crippen molar-refractivity contribution in [3.05, 3.63) is 42.0 Å². The van der Waals surface area contributed by atoms with E-state index in [2.05, 4.69) is 25.0 Å².